The lowest BCUT2D eigenvalue weighted by Crippen LogP contribution is -2.27. The van der Waals surface area contributed by atoms with E-state index >= 15 is 0 Å². The zero-order chi connectivity index (χ0) is 13.0. The van der Waals surface area contributed by atoms with Crippen molar-refractivity contribution in [3.63, 3.8) is 0 Å². The fourth-order valence-corrected chi connectivity index (χ4v) is 1.72. The highest BCUT2D eigenvalue weighted by Gasteiger charge is 2.16. The van der Waals surface area contributed by atoms with Crippen molar-refractivity contribution in [2.45, 2.75) is 0 Å². The van der Waals surface area contributed by atoms with Gasteiger partial charge in [0, 0.05) is 0 Å². The van der Waals surface area contributed by atoms with Gasteiger partial charge in [-0.15, -0.1) is 0 Å². The van der Waals surface area contributed by atoms with E-state index < -0.39 is 5.97 Å². The Labute approximate surface area is 106 Å². The Morgan fingerprint density at radius 3 is 2.78 bits per heavy atom. The molecule has 0 fully saturated rings. The van der Waals surface area contributed by atoms with Crippen LogP contribution in [0.3, 0.4) is 0 Å². The Hall–Kier alpha value is -2.01. The number of nitrogens with zero attached hydrogens (tertiary/aromatic N) is 1. The Morgan fingerprint density at radius 1 is 1.33 bits per heavy atom. The first-order chi connectivity index (χ1) is 8.76. The van der Waals surface area contributed by atoms with Crippen molar-refractivity contribution in [1.29, 1.82) is 0 Å². The van der Waals surface area contributed by atoms with Crippen molar-refractivity contribution in [3.05, 3.63) is 35.9 Å². The third-order valence-electron chi connectivity index (χ3n) is 2.64. The third kappa shape index (κ3) is 2.46. The summed E-state index contributed by atoms with van der Waals surface area (Å²) in [6, 6.07) is 5.26. The molecule has 0 aromatic heterocycles. The number of hydroxylamine groups is 1. The molecule has 0 unspecified atom stereocenters. The van der Waals surface area contributed by atoms with Crippen molar-refractivity contribution in [1.82, 2.24) is 0 Å². The van der Waals surface area contributed by atoms with E-state index in [1.807, 2.05) is 18.2 Å². The second-order valence-electron chi connectivity index (χ2n) is 3.70. The molecule has 96 valence electrons. The first kappa shape index (κ1) is 12.4. The van der Waals surface area contributed by atoms with E-state index in [0.29, 0.717) is 24.5 Å². The molecule has 1 heterocycles. The van der Waals surface area contributed by atoms with E-state index in [1.54, 1.807) is 17.2 Å². The summed E-state index contributed by atoms with van der Waals surface area (Å²) in [5, 5.41) is 1.71. The average Bonchev–Trinajstić information content (AvgIpc) is 2.46. The van der Waals surface area contributed by atoms with Crippen molar-refractivity contribution in [2.24, 2.45) is 0 Å². The number of hydrogen-bond donors (Lipinski definition) is 0. The zero-order valence-corrected chi connectivity index (χ0v) is 10.4. The van der Waals surface area contributed by atoms with E-state index in [4.69, 9.17) is 14.3 Å². The van der Waals surface area contributed by atoms with Crippen LogP contribution in [0.4, 0.5) is 5.69 Å². The molecule has 2 rings (SSSR count). The lowest BCUT2D eigenvalue weighted by atomic mass is 10.1. The van der Waals surface area contributed by atoms with Gasteiger partial charge in [0.15, 0.2) is 0 Å². The highest BCUT2D eigenvalue weighted by Crippen LogP contribution is 2.26. The van der Waals surface area contributed by atoms with E-state index in [1.165, 1.54) is 14.2 Å². The summed E-state index contributed by atoms with van der Waals surface area (Å²) in [6.45, 7) is 1.17. The normalized spacial score (nSPS) is 14.4. The van der Waals surface area contributed by atoms with Crippen LogP contribution in [0.25, 0.3) is 0 Å². The largest absolute Gasteiger partial charge is 0.496 e. The van der Waals surface area contributed by atoms with Gasteiger partial charge in [-0.05, 0) is 18.2 Å². The van der Waals surface area contributed by atoms with Gasteiger partial charge in [-0.2, -0.15) is 0 Å². The fraction of sp³-hybridized carbons (Fsp3) is 0.308. The van der Waals surface area contributed by atoms with E-state index in [2.05, 4.69) is 0 Å². The maximum atomic E-state index is 11.7. The van der Waals surface area contributed by atoms with Crippen molar-refractivity contribution >= 4 is 11.7 Å². The molecular formula is C13H15NO4. The molecule has 0 amide bonds. The van der Waals surface area contributed by atoms with Gasteiger partial charge in [0.2, 0.25) is 0 Å². The van der Waals surface area contributed by atoms with Gasteiger partial charge in [0.25, 0.3) is 0 Å². The minimum Gasteiger partial charge on any atom is -0.496 e. The monoisotopic (exact) mass is 249 g/mol. The Kier molecular flexibility index (Phi) is 3.84. The maximum absolute atomic E-state index is 11.7. The molecule has 0 aliphatic carbocycles. The number of esters is 1. The lowest BCUT2D eigenvalue weighted by molar-refractivity contribution is 0.0597. The summed E-state index contributed by atoms with van der Waals surface area (Å²) in [4.78, 5) is 17.1. The Balaban J connectivity index is 2.32. The molecule has 0 saturated carbocycles. The Bertz CT molecular complexity index is 470. The molecule has 0 radical (unpaired) electrons. The second kappa shape index (κ2) is 5.55. The molecular weight excluding hydrogens is 234 g/mol. The first-order valence-corrected chi connectivity index (χ1v) is 5.58. The topological polar surface area (TPSA) is 48.0 Å². The van der Waals surface area contributed by atoms with Gasteiger partial charge in [-0.1, -0.05) is 12.2 Å². The number of ether oxygens (including phenoxy) is 2. The van der Waals surface area contributed by atoms with Gasteiger partial charge >= 0.3 is 5.97 Å². The first-order valence-electron chi connectivity index (χ1n) is 5.58. The highest BCUT2D eigenvalue weighted by molar-refractivity contribution is 5.93. The molecule has 1 aromatic carbocycles. The van der Waals surface area contributed by atoms with E-state index in [9.17, 15) is 4.79 Å². The summed E-state index contributed by atoms with van der Waals surface area (Å²) in [5.74, 6) is 0.0550. The maximum Gasteiger partial charge on any atom is 0.341 e. The smallest absolute Gasteiger partial charge is 0.341 e. The molecule has 1 aliphatic rings. The predicted octanol–water partition coefficient (Wildman–Crippen LogP) is 1.79. The second-order valence-corrected chi connectivity index (χ2v) is 3.70. The summed E-state index contributed by atoms with van der Waals surface area (Å²) >= 11 is 0. The summed E-state index contributed by atoms with van der Waals surface area (Å²) in [6.07, 6.45) is 3.95. The number of anilines is 1. The fourth-order valence-electron chi connectivity index (χ4n) is 1.72. The molecule has 1 aliphatic heterocycles. The quantitative estimate of drug-likeness (QED) is 0.603. The summed E-state index contributed by atoms with van der Waals surface area (Å²) in [7, 11) is 2.86. The van der Waals surface area contributed by atoms with Crippen LogP contribution in [0.5, 0.6) is 5.75 Å². The summed E-state index contributed by atoms with van der Waals surface area (Å²) in [5.41, 5.74) is 1.18. The number of methoxy groups -OCH3 is 2. The molecule has 5 nitrogen and oxygen atoms in total. The van der Waals surface area contributed by atoms with Gasteiger partial charge in [-0.25, -0.2) is 9.86 Å². The van der Waals surface area contributed by atoms with Crippen LogP contribution in [0.1, 0.15) is 10.4 Å². The highest BCUT2D eigenvalue weighted by atomic mass is 16.7. The van der Waals surface area contributed by atoms with Crippen LogP contribution in [0, 0.1) is 0 Å². The molecule has 0 atom stereocenters. The van der Waals surface area contributed by atoms with Gasteiger partial charge in [0.1, 0.15) is 11.3 Å². The van der Waals surface area contributed by atoms with Crippen LogP contribution in [-0.2, 0) is 9.57 Å². The Morgan fingerprint density at radius 2 is 2.17 bits per heavy atom. The molecule has 1 aromatic rings. The minimum absolute atomic E-state index is 0.385. The van der Waals surface area contributed by atoms with Crippen LogP contribution >= 0.6 is 0 Å². The molecule has 18 heavy (non-hydrogen) atoms. The molecule has 0 bridgehead atoms. The molecule has 0 N–H and O–H groups in total. The predicted molar refractivity (Wildman–Crippen MR) is 66.8 cm³/mol. The van der Waals surface area contributed by atoms with Crippen molar-refractivity contribution < 1.29 is 19.1 Å². The van der Waals surface area contributed by atoms with Gasteiger partial charge in [0.05, 0.1) is 33.1 Å². The number of carbonyl (C=O) groups excluding carboxylic acids is 1. The lowest BCUT2D eigenvalue weighted by Gasteiger charge is -2.25. The van der Waals surface area contributed by atoms with Gasteiger partial charge < -0.3 is 9.47 Å². The zero-order valence-electron chi connectivity index (χ0n) is 10.4. The molecule has 0 saturated heterocycles. The SMILES string of the molecule is COC(=O)c1cc(N2CC=CCO2)ccc1OC. The average molecular weight is 249 g/mol. The van der Waals surface area contributed by atoms with E-state index in [-0.39, 0.29) is 0 Å². The molecule has 5 heteroatoms. The van der Waals surface area contributed by atoms with E-state index in [0.717, 1.165) is 5.69 Å². The summed E-state index contributed by atoms with van der Waals surface area (Å²) < 4.78 is 9.87. The number of benzene rings is 1. The van der Waals surface area contributed by atoms with Crippen LogP contribution < -0.4 is 9.80 Å². The van der Waals surface area contributed by atoms with Gasteiger partial charge in [-0.3, -0.25) is 4.84 Å². The van der Waals surface area contributed by atoms with Crippen molar-refractivity contribution in [2.75, 3.05) is 32.4 Å². The van der Waals surface area contributed by atoms with Crippen molar-refractivity contribution in [3.8, 4) is 5.75 Å². The minimum atomic E-state index is -0.429. The number of carbonyl (C=O) groups is 1. The van der Waals surface area contributed by atoms with Crippen LogP contribution in [-0.4, -0.2) is 33.3 Å². The third-order valence-corrected chi connectivity index (χ3v) is 2.64. The molecule has 0 spiro atoms. The standard InChI is InChI=1S/C13H15NO4/c1-16-12-6-5-10(9-11(12)13(15)17-2)14-7-3-4-8-18-14/h3-6,9H,7-8H2,1-2H3. The van der Waals surface area contributed by atoms with Crippen LogP contribution in [0.2, 0.25) is 0 Å². The van der Waals surface area contributed by atoms with Crippen LogP contribution in [0.15, 0.2) is 30.4 Å². The number of rotatable bonds is 3. The number of hydrogen-bond acceptors (Lipinski definition) is 5.